The Labute approximate surface area is 217 Å². The van der Waals surface area contributed by atoms with Gasteiger partial charge in [0.25, 0.3) is 0 Å². The summed E-state index contributed by atoms with van der Waals surface area (Å²) < 4.78 is 0. The van der Waals surface area contributed by atoms with Gasteiger partial charge in [-0.2, -0.15) is 0 Å². The van der Waals surface area contributed by atoms with Crippen LogP contribution in [0.2, 0.25) is 0 Å². The van der Waals surface area contributed by atoms with Crippen LogP contribution in [0.15, 0.2) is 24.3 Å². The quantitative estimate of drug-likeness (QED) is 0.239. The van der Waals surface area contributed by atoms with Gasteiger partial charge in [-0.05, 0) is 44.9 Å². The average Bonchev–Trinajstić information content (AvgIpc) is 2.56. The molecule has 5 nitrogen and oxygen atoms in total. The van der Waals surface area contributed by atoms with Crippen molar-refractivity contribution < 1.29 is 25.9 Å². The van der Waals surface area contributed by atoms with Gasteiger partial charge in [-0.1, -0.05) is 95.2 Å². The Morgan fingerprint density at radius 2 is 0.676 bits per heavy atom. The zero-order valence-electron chi connectivity index (χ0n) is 23.1. The number of hydrogen-bond acceptors (Lipinski definition) is 4. The standard InChI is InChI=1S/2C14H22O2.Ge.H2O/c2*1-13(2,3)9-7-10(14(4,5)6)12(16)11(15)8-9;;/h2*7-8,15-16H,1-6H3;;1H2. The summed E-state index contributed by atoms with van der Waals surface area (Å²) in [6, 6.07) is 7.25. The zero-order valence-corrected chi connectivity index (χ0v) is 25.2. The van der Waals surface area contributed by atoms with E-state index in [1.54, 1.807) is 12.1 Å². The Morgan fingerprint density at radius 3 is 0.853 bits per heavy atom. The summed E-state index contributed by atoms with van der Waals surface area (Å²) in [5.41, 5.74) is 3.22. The fourth-order valence-corrected chi connectivity index (χ4v) is 3.25. The van der Waals surface area contributed by atoms with E-state index in [9.17, 15) is 20.4 Å². The first-order valence-corrected chi connectivity index (χ1v) is 11.2. The normalized spacial score (nSPS) is 12.1. The summed E-state index contributed by atoms with van der Waals surface area (Å²) in [5, 5.41) is 39.3. The molecule has 0 fully saturated rings. The van der Waals surface area contributed by atoms with E-state index in [0.29, 0.717) is 0 Å². The van der Waals surface area contributed by atoms with Crippen LogP contribution >= 0.6 is 0 Å². The molecule has 0 aromatic heterocycles. The number of hydrogen-bond donors (Lipinski definition) is 4. The van der Waals surface area contributed by atoms with Crippen molar-refractivity contribution in [3.05, 3.63) is 46.5 Å². The third-order valence-electron chi connectivity index (χ3n) is 5.53. The van der Waals surface area contributed by atoms with Gasteiger partial charge in [0.2, 0.25) is 0 Å². The van der Waals surface area contributed by atoms with Crippen LogP contribution in [-0.2, 0) is 21.7 Å². The molecule has 0 amide bonds. The topological polar surface area (TPSA) is 112 Å². The fraction of sp³-hybridized carbons (Fsp3) is 0.571. The smallest absolute Gasteiger partial charge is 0.161 e. The molecule has 0 atom stereocenters. The van der Waals surface area contributed by atoms with Crippen molar-refractivity contribution in [2.75, 3.05) is 0 Å². The van der Waals surface area contributed by atoms with E-state index in [1.807, 2.05) is 53.7 Å². The molecule has 0 heterocycles. The second-order valence-electron chi connectivity index (χ2n) is 12.8. The van der Waals surface area contributed by atoms with Gasteiger partial charge in [-0.3, -0.25) is 0 Å². The molecule has 0 bridgehead atoms. The molecular weight excluding hydrogens is 489 g/mol. The summed E-state index contributed by atoms with van der Waals surface area (Å²) in [7, 11) is 0. The molecule has 0 aliphatic carbocycles. The van der Waals surface area contributed by atoms with Gasteiger partial charge in [0.1, 0.15) is 0 Å². The summed E-state index contributed by atoms with van der Waals surface area (Å²) in [5.74, 6) is -0.0595. The summed E-state index contributed by atoms with van der Waals surface area (Å²) in [4.78, 5) is 0. The molecule has 34 heavy (non-hydrogen) atoms. The third-order valence-corrected chi connectivity index (χ3v) is 5.53. The summed E-state index contributed by atoms with van der Waals surface area (Å²) in [6.07, 6.45) is 0. The molecule has 4 radical (unpaired) electrons. The van der Waals surface area contributed by atoms with Gasteiger partial charge < -0.3 is 25.9 Å². The molecule has 0 aliphatic rings. The van der Waals surface area contributed by atoms with Gasteiger partial charge in [0.05, 0.1) is 0 Å². The van der Waals surface area contributed by atoms with Gasteiger partial charge in [-0.25, -0.2) is 0 Å². The molecule has 0 aliphatic heterocycles. The maximum absolute atomic E-state index is 9.87. The number of rotatable bonds is 0. The fourth-order valence-electron chi connectivity index (χ4n) is 3.25. The molecular formula is C28H46GeO5. The minimum atomic E-state index is -0.178. The molecule has 192 valence electrons. The van der Waals surface area contributed by atoms with Crippen LogP contribution in [0, 0.1) is 0 Å². The number of aromatic hydroxyl groups is 4. The number of phenolic OH excluding ortho intramolecular Hbond substituents is 4. The van der Waals surface area contributed by atoms with Crippen LogP contribution in [0.3, 0.4) is 0 Å². The Bertz CT molecular complexity index is 874. The van der Waals surface area contributed by atoms with Gasteiger partial charge in [-0.15, -0.1) is 0 Å². The second kappa shape index (κ2) is 11.3. The van der Waals surface area contributed by atoms with Crippen LogP contribution in [0.4, 0.5) is 0 Å². The SMILES string of the molecule is CC(C)(C)c1cc(O)c(O)c(C(C)(C)C)c1.CC(C)(C)c1cc(O)c(O)c(C(C)(C)C)c1.O.[Ge]. The van der Waals surface area contributed by atoms with E-state index in [2.05, 4.69) is 41.5 Å². The van der Waals surface area contributed by atoms with Crippen molar-refractivity contribution in [1.29, 1.82) is 0 Å². The van der Waals surface area contributed by atoms with Crippen molar-refractivity contribution in [3.63, 3.8) is 0 Å². The van der Waals surface area contributed by atoms with Crippen LogP contribution < -0.4 is 0 Å². The molecule has 6 N–H and O–H groups in total. The largest absolute Gasteiger partial charge is 0.504 e. The van der Waals surface area contributed by atoms with E-state index in [4.69, 9.17) is 0 Å². The van der Waals surface area contributed by atoms with Gasteiger partial charge in [0, 0.05) is 28.7 Å². The first-order chi connectivity index (χ1) is 14.1. The minimum Gasteiger partial charge on any atom is -0.504 e. The predicted molar refractivity (Wildman–Crippen MR) is 144 cm³/mol. The minimum absolute atomic E-state index is 0. The molecule has 6 heteroatoms. The summed E-state index contributed by atoms with van der Waals surface area (Å²) >= 11 is 0. The molecule has 0 unspecified atom stereocenters. The second-order valence-corrected chi connectivity index (χ2v) is 12.8. The molecule has 0 saturated heterocycles. The van der Waals surface area contributed by atoms with Crippen LogP contribution in [0.1, 0.15) is 105 Å². The summed E-state index contributed by atoms with van der Waals surface area (Å²) in [6.45, 7) is 24.7. The molecule has 2 aromatic carbocycles. The Morgan fingerprint density at radius 1 is 0.441 bits per heavy atom. The van der Waals surface area contributed by atoms with E-state index in [0.717, 1.165) is 22.3 Å². The Balaban J connectivity index is 0. The van der Waals surface area contributed by atoms with Crippen LogP contribution in [-0.4, -0.2) is 43.5 Å². The van der Waals surface area contributed by atoms with E-state index in [1.165, 1.54) is 0 Å². The van der Waals surface area contributed by atoms with Crippen molar-refractivity contribution in [2.45, 2.75) is 105 Å². The van der Waals surface area contributed by atoms with Gasteiger partial charge in [0.15, 0.2) is 23.0 Å². The third kappa shape index (κ3) is 8.73. The van der Waals surface area contributed by atoms with Crippen molar-refractivity contribution in [3.8, 4) is 23.0 Å². The molecule has 2 aromatic rings. The van der Waals surface area contributed by atoms with Gasteiger partial charge >= 0.3 is 0 Å². The first-order valence-electron chi connectivity index (χ1n) is 11.2. The van der Waals surface area contributed by atoms with Crippen LogP contribution in [0.25, 0.3) is 0 Å². The van der Waals surface area contributed by atoms with E-state index >= 15 is 0 Å². The molecule has 0 spiro atoms. The van der Waals surface area contributed by atoms with Crippen molar-refractivity contribution in [2.24, 2.45) is 0 Å². The Kier molecular flexibility index (Phi) is 11.4. The van der Waals surface area contributed by atoms with E-state index in [-0.39, 0.29) is 67.7 Å². The first kappa shape index (κ1) is 34.3. The zero-order chi connectivity index (χ0) is 25.4. The number of benzene rings is 2. The molecule has 2 rings (SSSR count). The monoisotopic (exact) mass is 536 g/mol. The van der Waals surface area contributed by atoms with E-state index < -0.39 is 0 Å². The average molecular weight is 535 g/mol. The molecule has 0 saturated carbocycles. The maximum Gasteiger partial charge on any atom is 0.161 e. The van der Waals surface area contributed by atoms with Crippen LogP contribution in [0.5, 0.6) is 23.0 Å². The maximum atomic E-state index is 9.87. The van der Waals surface area contributed by atoms with Crippen molar-refractivity contribution in [1.82, 2.24) is 0 Å². The Hall–Kier alpha value is -1.86. The number of phenols is 4. The van der Waals surface area contributed by atoms with Crippen molar-refractivity contribution >= 4 is 17.6 Å². The predicted octanol–water partition coefficient (Wildman–Crippen LogP) is 6.18.